The van der Waals surface area contributed by atoms with Crippen LogP contribution in [0.1, 0.15) is 284 Å². The maximum atomic E-state index is 13.2. The lowest BCUT2D eigenvalue weighted by molar-refractivity contribution is -0.303. The summed E-state index contributed by atoms with van der Waals surface area (Å²) in [6, 6.07) is -1.19. The first-order valence-corrected chi connectivity index (χ1v) is 30.9. The van der Waals surface area contributed by atoms with Crippen molar-refractivity contribution in [1.82, 2.24) is 5.32 Å². The van der Waals surface area contributed by atoms with Crippen molar-refractivity contribution in [3.63, 3.8) is 0 Å². The summed E-state index contributed by atoms with van der Waals surface area (Å²) >= 11 is 0. The lowest BCUT2D eigenvalue weighted by atomic mass is 9.98. The summed E-state index contributed by atoms with van der Waals surface area (Å²) in [4.78, 5) is 13.2. The second kappa shape index (κ2) is 51.1. The zero-order valence-corrected chi connectivity index (χ0v) is 47.1. The van der Waals surface area contributed by atoms with Crippen molar-refractivity contribution >= 4 is 5.91 Å². The van der Waals surface area contributed by atoms with E-state index >= 15 is 0 Å². The summed E-state index contributed by atoms with van der Waals surface area (Å²) in [7, 11) is 0. The van der Waals surface area contributed by atoms with E-state index in [-0.39, 0.29) is 12.8 Å². The number of aliphatic hydroxyl groups is 7. The summed E-state index contributed by atoms with van der Waals surface area (Å²) in [6.07, 6.45) is 52.1. The van der Waals surface area contributed by atoms with E-state index in [9.17, 15) is 40.5 Å². The number of unbranched alkanes of at least 4 members (excludes halogenated alkanes) is 35. The Morgan fingerprint density at radius 2 is 0.822 bits per heavy atom. The van der Waals surface area contributed by atoms with Crippen molar-refractivity contribution in [3.05, 3.63) is 36.5 Å². The Labute approximate surface area is 447 Å². The molecular weight excluding hydrogens is 919 g/mol. The number of aliphatic hydroxyl groups excluding tert-OH is 7. The molecule has 73 heavy (non-hydrogen) atoms. The van der Waals surface area contributed by atoms with E-state index < -0.39 is 74.2 Å². The number of allylic oxidation sites excluding steroid dienone is 6. The lowest BCUT2D eigenvalue weighted by Gasteiger charge is -2.40. The lowest BCUT2D eigenvalue weighted by Crippen LogP contribution is -2.60. The quantitative estimate of drug-likeness (QED) is 0.0215. The highest BCUT2D eigenvalue weighted by Crippen LogP contribution is 2.23. The monoisotopic (exact) mass is 1040 g/mol. The number of nitrogens with one attached hydrogen (secondary N) is 1. The van der Waals surface area contributed by atoms with Gasteiger partial charge in [-0.05, 0) is 77.0 Å². The average molecular weight is 1040 g/mol. The van der Waals surface area contributed by atoms with Gasteiger partial charge in [-0.3, -0.25) is 4.79 Å². The van der Waals surface area contributed by atoms with Crippen molar-refractivity contribution < 1.29 is 50.0 Å². The SMILES string of the molecule is CCCCCCCCCC/C=C/CC/C=C/CCCC(O)C(O)C(COC1OC(CO)C(O)C(O)C1O)NC(=O)C(O)CCCCCCCCCCCCCCC/C=C\CCCCCCCCCCCCCC. The molecule has 0 radical (unpaired) electrons. The smallest absolute Gasteiger partial charge is 0.249 e. The minimum Gasteiger partial charge on any atom is -0.394 e. The van der Waals surface area contributed by atoms with Crippen LogP contribution in [-0.2, 0) is 14.3 Å². The van der Waals surface area contributed by atoms with Crippen LogP contribution in [-0.4, -0.2) is 110 Å². The number of hydrogen-bond donors (Lipinski definition) is 8. The Bertz CT molecular complexity index is 1280. The van der Waals surface area contributed by atoms with Gasteiger partial charge in [0, 0.05) is 0 Å². The highest BCUT2D eigenvalue weighted by atomic mass is 16.7. The van der Waals surface area contributed by atoms with Gasteiger partial charge in [-0.1, -0.05) is 243 Å². The molecule has 11 nitrogen and oxygen atoms in total. The van der Waals surface area contributed by atoms with E-state index in [1.807, 2.05) is 0 Å². The Kier molecular flexibility index (Phi) is 48.5. The minimum absolute atomic E-state index is 0.247. The number of ether oxygens (including phenoxy) is 2. The molecule has 1 heterocycles. The largest absolute Gasteiger partial charge is 0.394 e. The molecule has 0 saturated carbocycles. The number of hydrogen-bond acceptors (Lipinski definition) is 10. The molecule has 1 rings (SSSR count). The third-order valence-corrected chi connectivity index (χ3v) is 14.9. The zero-order valence-electron chi connectivity index (χ0n) is 47.1. The van der Waals surface area contributed by atoms with Crippen molar-refractivity contribution in [3.8, 4) is 0 Å². The van der Waals surface area contributed by atoms with Crippen LogP contribution in [0.5, 0.6) is 0 Å². The van der Waals surface area contributed by atoms with E-state index in [4.69, 9.17) is 9.47 Å². The summed E-state index contributed by atoms with van der Waals surface area (Å²) in [5.41, 5.74) is 0. The van der Waals surface area contributed by atoms with Crippen molar-refractivity contribution in [2.45, 2.75) is 339 Å². The second-order valence-corrected chi connectivity index (χ2v) is 21.8. The van der Waals surface area contributed by atoms with E-state index in [1.165, 1.54) is 199 Å². The number of carbonyl (C=O) groups is 1. The van der Waals surface area contributed by atoms with Crippen LogP contribution < -0.4 is 5.32 Å². The molecule has 1 aliphatic heterocycles. The molecule has 0 aliphatic carbocycles. The summed E-state index contributed by atoms with van der Waals surface area (Å²) in [6.45, 7) is 3.46. The number of carbonyl (C=O) groups excluding carboxylic acids is 1. The maximum Gasteiger partial charge on any atom is 0.249 e. The van der Waals surface area contributed by atoms with Gasteiger partial charge in [0.05, 0.1) is 25.4 Å². The molecule has 1 aliphatic rings. The molecule has 9 atom stereocenters. The Morgan fingerprint density at radius 1 is 0.466 bits per heavy atom. The maximum absolute atomic E-state index is 13.2. The fraction of sp³-hybridized carbons (Fsp3) is 0.887. The molecule has 8 N–H and O–H groups in total. The van der Waals surface area contributed by atoms with Gasteiger partial charge in [0.25, 0.3) is 0 Å². The Hall–Kier alpha value is -1.67. The topological polar surface area (TPSA) is 189 Å². The van der Waals surface area contributed by atoms with Crippen molar-refractivity contribution in [2.24, 2.45) is 0 Å². The Balaban J connectivity index is 2.26. The first kappa shape index (κ1) is 69.3. The molecule has 11 heteroatoms. The number of rotatable bonds is 53. The first-order valence-electron chi connectivity index (χ1n) is 30.9. The molecule has 0 spiro atoms. The molecule has 1 amide bonds. The van der Waals surface area contributed by atoms with Crippen LogP contribution in [0, 0.1) is 0 Å². The van der Waals surface area contributed by atoms with Crippen LogP contribution in [0.3, 0.4) is 0 Å². The molecular formula is C62H117NO10. The van der Waals surface area contributed by atoms with Gasteiger partial charge in [-0.25, -0.2) is 0 Å². The molecule has 430 valence electrons. The fourth-order valence-corrected chi connectivity index (χ4v) is 9.87. The van der Waals surface area contributed by atoms with Crippen molar-refractivity contribution in [2.75, 3.05) is 13.2 Å². The van der Waals surface area contributed by atoms with Gasteiger partial charge < -0.3 is 50.5 Å². The van der Waals surface area contributed by atoms with E-state index in [1.54, 1.807) is 0 Å². The van der Waals surface area contributed by atoms with Crippen LogP contribution in [0.2, 0.25) is 0 Å². The van der Waals surface area contributed by atoms with Crippen LogP contribution in [0.25, 0.3) is 0 Å². The predicted octanol–water partition coefficient (Wildman–Crippen LogP) is 13.5. The predicted molar refractivity (Wildman–Crippen MR) is 302 cm³/mol. The second-order valence-electron chi connectivity index (χ2n) is 21.8. The van der Waals surface area contributed by atoms with Gasteiger partial charge in [0.2, 0.25) is 5.91 Å². The molecule has 1 saturated heterocycles. The van der Waals surface area contributed by atoms with Gasteiger partial charge in [-0.15, -0.1) is 0 Å². The molecule has 0 aromatic rings. The minimum atomic E-state index is -1.67. The van der Waals surface area contributed by atoms with Gasteiger partial charge in [0.15, 0.2) is 6.29 Å². The van der Waals surface area contributed by atoms with Crippen LogP contribution in [0.15, 0.2) is 36.5 Å². The highest BCUT2D eigenvalue weighted by Gasteiger charge is 2.44. The first-order chi connectivity index (χ1) is 35.7. The summed E-state index contributed by atoms with van der Waals surface area (Å²) in [5, 5.41) is 76.1. The Morgan fingerprint density at radius 3 is 1.22 bits per heavy atom. The van der Waals surface area contributed by atoms with Crippen LogP contribution in [0.4, 0.5) is 0 Å². The third kappa shape index (κ3) is 39.4. The van der Waals surface area contributed by atoms with E-state index in [0.717, 1.165) is 38.5 Å². The molecule has 0 aromatic heterocycles. The molecule has 9 unspecified atom stereocenters. The molecule has 0 aromatic carbocycles. The zero-order chi connectivity index (χ0) is 53.3. The van der Waals surface area contributed by atoms with Crippen LogP contribution >= 0.6 is 0 Å². The molecule has 1 fully saturated rings. The fourth-order valence-electron chi connectivity index (χ4n) is 9.87. The third-order valence-electron chi connectivity index (χ3n) is 14.9. The van der Waals surface area contributed by atoms with Gasteiger partial charge in [0.1, 0.15) is 36.6 Å². The standard InChI is InChI=1S/C62H117NO10/c1-3-5-7-9-11-13-15-17-19-21-22-23-24-25-26-27-28-29-30-31-32-34-36-38-40-42-44-46-48-50-55(66)61(71)63-53(52-72-62-60(70)59(69)58(68)56(51-64)73-62)57(67)54(65)49-47-45-43-41-39-37-35-33-20-18-16-14-12-10-8-6-4-2/h25-26,33,35,41,43,53-60,62,64-70H,3-24,27-32,34,36-40,42,44-52H2,1-2H3,(H,63,71)/b26-25-,35-33+,43-41+. The average Bonchev–Trinajstić information content (AvgIpc) is 3.39. The van der Waals surface area contributed by atoms with Crippen molar-refractivity contribution in [1.29, 1.82) is 0 Å². The summed E-state index contributed by atoms with van der Waals surface area (Å²) in [5.74, 6) is -0.708. The van der Waals surface area contributed by atoms with E-state index in [0.29, 0.717) is 19.3 Å². The van der Waals surface area contributed by atoms with E-state index in [2.05, 4.69) is 55.6 Å². The van der Waals surface area contributed by atoms with Gasteiger partial charge in [-0.2, -0.15) is 0 Å². The van der Waals surface area contributed by atoms with Gasteiger partial charge >= 0.3 is 0 Å². The molecule has 0 bridgehead atoms. The highest BCUT2D eigenvalue weighted by molar-refractivity contribution is 5.80. The number of amides is 1. The normalized spacial score (nSPS) is 20.2. The summed E-state index contributed by atoms with van der Waals surface area (Å²) < 4.78 is 11.1.